The van der Waals surface area contributed by atoms with Gasteiger partial charge in [0.15, 0.2) is 0 Å². The number of nitrogens with one attached hydrogen (secondary N) is 1. The topological polar surface area (TPSA) is 124 Å². The summed E-state index contributed by atoms with van der Waals surface area (Å²) in [6, 6.07) is 8.75. The van der Waals surface area contributed by atoms with Gasteiger partial charge in [0.2, 0.25) is 5.91 Å². The molecule has 0 bridgehead atoms. The average Bonchev–Trinajstić information content (AvgIpc) is 3.49. The van der Waals surface area contributed by atoms with E-state index in [1.54, 1.807) is 24.2 Å². The molecule has 2 fully saturated rings. The number of likely N-dealkylation sites (tertiary alicyclic amines) is 1. The summed E-state index contributed by atoms with van der Waals surface area (Å²) in [7, 11) is 1.78. The van der Waals surface area contributed by atoms with E-state index in [1.165, 1.54) is 0 Å². The van der Waals surface area contributed by atoms with Crippen molar-refractivity contribution in [3.63, 3.8) is 0 Å². The Morgan fingerprint density at radius 3 is 2.55 bits per heavy atom. The molecule has 3 aliphatic rings. The molecule has 9 nitrogen and oxygen atoms in total. The summed E-state index contributed by atoms with van der Waals surface area (Å²) in [5, 5.41) is 18.0. The van der Waals surface area contributed by atoms with Crippen molar-refractivity contribution in [2.45, 2.75) is 74.6 Å². The second-order valence-corrected chi connectivity index (χ2v) is 14.4. The van der Waals surface area contributed by atoms with Crippen molar-refractivity contribution in [2.24, 2.45) is 16.8 Å². The van der Waals surface area contributed by atoms with Crippen molar-refractivity contribution >= 4 is 29.3 Å². The van der Waals surface area contributed by atoms with Crippen molar-refractivity contribution in [1.82, 2.24) is 15.2 Å². The highest BCUT2D eigenvalue weighted by Gasteiger charge is 2.53. The maximum atomic E-state index is 13.6. The third kappa shape index (κ3) is 6.87. The number of nitriles is 1. The van der Waals surface area contributed by atoms with Crippen molar-refractivity contribution < 1.29 is 14.3 Å². The van der Waals surface area contributed by atoms with Crippen LogP contribution in [0.4, 0.5) is 0 Å². The van der Waals surface area contributed by atoms with E-state index < -0.39 is 6.04 Å². The minimum atomic E-state index is -0.441. The van der Waals surface area contributed by atoms with Gasteiger partial charge < -0.3 is 20.7 Å². The van der Waals surface area contributed by atoms with Crippen LogP contribution in [0.1, 0.15) is 58.1 Å². The molecule has 2 atom stereocenters. The van der Waals surface area contributed by atoms with Gasteiger partial charge in [-0.25, -0.2) is 0 Å². The fraction of sp³-hybridized carbons (Fsp3) is 0.643. The predicted octanol–water partition coefficient (Wildman–Crippen LogP) is 2.49. The molecule has 1 aromatic rings. The first-order chi connectivity index (χ1) is 17.8. The van der Waals surface area contributed by atoms with Gasteiger partial charge in [0.25, 0.3) is 5.91 Å². The molecule has 2 heterocycles. The van der Waals surface area contributed by atoms with E-state index in [0.29, 0.717) is 50.5 Å². The predicted molar refractivity (Wildman–Crippen MR) is 149 cm³/mol. The molecular formula is C28H40N6O3S. The summed E-state index contributed by atoms with van der Waals surface area (Å²) in [5.74, 6) is -0.406. The summed E-state index contributed by atoms with van der Waals surface area (Å²) < 4.78 is 5.87. The number of hydrogen-bond acceptors (Lipinski definition) is 8. The highest BCUT2D eigenvalue weighted by atomic mass is 32.2. The van der Waals surface area contributed by atoms with Gasteiger partial charge >= 0.3 is 0 Å². The lowest BCUT2D eigenvalue weighted by Gasteiger charge is -2.39. The Hall–Kier alpha value is -2.61. The highest BCUT2D eigenvalue weighted by molar-refractivity contribution is 8.02. The van der Waals surface area contributed by atoms with Crippen LogP contribution in [0.3, 0.4) is 0 Å². The lowest BCUT2D eigenvalue weighted by molar-refractivity contribution is -0.140. The smallest absolute Gasteiger partial charge is 0.268 e. The molecule has 0 spiro atoms. The Kier molecular flexibility index (Phi) is 8.12. The van der Waals surface area contributed by atoms with Gasteiger partial charge in [0.05, 0.1) is 24.8 Å². The third-order valence-electron chi connectivity index (χ3n) is 7.15. The molecule has 1 aliphatic carbocycles. The van der Waals surface area contributed by atoms with Gasteiger partial charge in [0.1, 0.15) is 11.8 Å². The van der Waals surface area contributed by atoms with Crippen LogP contribution in [0.5, 0.6) is 0 Å². The van der Waals surface area contributed by atoms with Gasteiger partial charge in [-0.2, -0.15) is 10.4 Å². The van der Waals surface area contributed by atoms with E-state index in [0.717, 1.165) is 18.4 Å². The molecule has 1 saturated heterocycles. The number of nitrogens with zero attached hydrogens (tertiary/aromatic N) is 4. The van der Waals surface area contributed by atoms with Crippen molar-refractivity contribution in [1.29, 1.82) is 5.26 Å². The molecular weight excluding hydrogens is 500 g/mol. The second-order valence-electron chi connectivity index (χ2n) is 12.2. The van der Waals surface area contributed by atoms with Crippen LogP contribution in [-0.4, -0.2) is 81.9 Å². The SMILES string of the molecule is CN1N=C(C(=O)NCc2ccc(C#N)cc2)C2CCN(CC3(SC(C)(C)COCC(C)(C)N)CC3)C(=O)C21. The standard InChI is InChI=1S/C28H40N6O3S/c1-26(2,30)17-37-18-27(3,4)38-28(11-12-28)16-34-13-10-21-22(32-33(5)23(21)25(34)36)24(35)31-15-20-8-6-19(14-29)7-9-20/h6-9,21,23H,10-13,15-18,30H2,1-5H3,(H,31,35). The number of piperidine rings is 1. The molecule has 0 radical (unpaired) electrons. The fourth-order valence-electron chi connectivity index (χ4n) is 5.23. The molecule has 38 heavy (non-hydrogen) atoms. The molecule has 4 rings (SSSR count). The van der Waals surface area contributed by atoms with E-state index >= 15 is 0 Å². The van der Waals surface area contributed by atoms with Crippen LogP contribution < -0.4 is 11.1 Å². The van der Waals surface area contributed by atoms with Crippen molar-refractivity contribution in [2.75, 3.05) is 33.4 Å². The zero-order valence-corrected chi connectivity index (χ0v) is 23.9. The van der Waals surface area contributed by atoms with E-state index in [4.69, 9.17) is 15.7 Å². The zero-order valence-electron chi connectivity index (χ0n) is 23.1. The summed E-state index contributed by atoms with van der Waals surface area (Å²) in [5.41, 5.74) is 7.60. The Labute approximate surface area is 230 Å². The monoisotopic (exact) mass is 540 g/mol. The molecule has 10 heteroatoms. The van der Waals surface area contributed by atoms with Crippen LogP contribution in [0.25, 0.3) is 0 Å². The number of fused-ring (bicyclic) bond motifs is 1. The Balaban J connectivity index is 1.31. The number of nitrogens with two attached hydrogens (primary N) is 1. The van der Waals surface area contributed by atoms with Crippen LogP contribution in [0, 0.1) is 17.2 Å². The number of likely N-dealkylation sites (N-methyl/N-ethyl adjacent to an activating group) is 1. The molecule has 2 aliphatic heterocycles. The van der Waals surface area contributed by atoms with Gasteiger partial charge in [-0.1, -0.05) is 12.1 Å². The number of hydrogen-bond donors (Lipinski definition) is 2. The minimum absolute atomic E-state index is 0.0485. The number of rotatable bonds is 11. The van der Waals surface area contributed by atoms with Gasteiger partial charge in [-0.3, -0.25) is 14.6 Å². The number of hydrazone groups is 1. The Morgan fingerprint density at radius 1 is 1.26 bits per heavy atom. The van der Waals surface area contributed by atoms with Crippen molar-refractivity contribution in [3.8, 4) is 6.07 Å². The number of carbonyl (C=O) groups is 2. The summed E-state index contributed by atoms with van der Waals surface area (Å²) in [6.45, 7) is 11.1. The molecule has 0 aromatic heterocycles. The van der Waals surface area contributed by atoms with Gasteiger partial charge in [-0.05, 0) is 64.7 Å². The molecule has 1 saturated carbocycles. The van der Waals surface area contributed by atoms with E-state index in [2.05, 4.69) is 30.3 Å². The largest absolute Gasteiger partial charge is 0.378 e. The number of benzene rings is 1. The average molecular weight is 541 g/mol. The number of carbonyl (C=O) groups excluding carboxylic acids is 2. The minimum Gasteiger partial charge on any atom is -0.378 e. The maximum Gasteiger partial charge on any atom is 0.268 e. The first kappa shape index (κ1) is 28.4. The van der Waals surface area contributed by atoms with Gasteiger partial charge in [0, 0.05) is 47.6 Å². The Bertz CT molecular complexity index is 1120. The van der Waals surface area contributed by atoms with Crippen LogP contribution in [-0.2, 0) is 20.9 Å². The molecule has 2 unspecified atom stereocenters. The third-order valence-corrected chi connectivity index (χ3v) is 8.79. The van der Waals surface area contributed by atoms with Crippen LogP contribution >= 0.6 is 11.8 Å². The zero-order chi connectivity index (χ0) is 27.7. The number of thioether (sulfide) groups is 1. The van der Waals surface area contributed by atoms with E-state index in [9.17, 15) is 9.59 Å². The number of ether oxygens (including phenoxy) is 1. The molecule has 1 aromatic carbocycles. The summed E-state index contributed by atoms with van der Waals surface area (Å²) in [4.78, 5) is 28.6. The summed E-state index contributed by atoms with van der Waals surface area (Å²) >= 11 is 1.92. The molecule has 206 valence electrons. The van der Waals surface area contributed by atoms with E-state index in [1.807, 2.05) is 42.6 Å². The first-order valence-electron chi connectivity index (χ1n) is 13.3. The van der Waals surface area contributed by atoms with Gasteiger partial charge in [-0.15, -0.1) is 11.8 Å². The summed E-state index contributed by atoms with van der Waals surface area (Å²) in [6.07, 6.45) is 2.87. The number of amides is 2. The highest BCUT2D eigenvalue weighted by Crippen LogP contribution is 2.54. The Morgan fingerprint density at radius 2 is 1.95 bits per heavy atom. The lowest BCUT2D eigenvalue weighted by Crippen LogP contribution is -2.55. The quantitative estimate of drug-likeness (QED) is 0.442. The first-order valence-corrected chi connectivity index (χ1v) is 14.1. The molecule has 2 amide bonds. The van der Waals surface area contributed by atoms with Crippen LogP contribution in [0.15, 0.2) is 29.4 Å². The van der Waals surface area contributed by atoms with E-state index in [-0.39, 0.29) is 32.8 Å². The molecule has 3 N–H and O–H groups in total. The fourth-order valence-corrected chi connectivity index (χ4v) is 7.07. The van der Waals surface area contributed by atoms with Crippen LogP contribution in [0.2, 0.25) is 0 Å². The maximum absolute atomic E-state index is 13.6. The normalized spacial score (nSPS) is 22.6. The van der Waals surface area contributed by atoms with Crippen molar-refractivity contribution in [3.05, 3.63) is 35.4 Å². The second kappa shape index (κ2) is 10.9. The lowest BCUT2D eigenvalue weighted by atomic mass is 9.87.